The molecule has 1 fully saturated rings. The minimum absolute atomic E-state index is 0.0276. The van der Waals surface area contributed by atoms with Gasteiger partial charge in [-0.1, -0.05) is 6.42 Å². The molecule has 1 amide bonds. The molecule has 4 nitrogen and oxygen atoms in total. The quantitative estimate of drug-likeness (QED) is 0.706. The van der Waals surface area contributed by atoms with Crippen molar-refractivity contribution in [1.29, 1.82) is 0 Å². The zero-order valence-corrected chi connectivity index (χ0v) is 9.66. The molecule has 0 saturated heterocycles. The topological polar surface area (TPSA) is 64.3 Å². The van der Waals surface area contributed by atoms with Gasteiger partial charge in [-0.2, -0.15) is 0 Å². The molecule has 0 aromatic rings. The number of likely N-dealkylation sites (N-methyl/N-ethyl adjacent to an activating group) is 1. The summed E-state index contributed by atoms with van der Waals surface area (Å²) in [5, 5.41) is 2.76. The van der Waals surface area contributed by atoms with Crippen LogP contribution in [0.2, 0.25) is 0 Å². The molecule has 4 heteroatoms. The number of nitrogens with one attached hydrogen (secondary N) is 1. The second-order valence-electron chi connectivity index (χ2n) is 4.14. The average Bonchev–Trinajstić information content (AvgIpc) is 2.65. The van der Waals surface area contributed by atoms with Gasteiger partial charge in [-0.05, 0) is 39.2 Å². The second-order valence-corrected chi connectivity index (χ2v) is 4.14. The zero-order valence-electron chi connectivity index (χ0n) is 9.66. The second kappa shape index (κ2) is 6.08. The van der Waals surface area contributed by atoms with Crippen molar-refractivity contribution < 1.29 is 9.53 Å². The van der Waals surface area contributed by atoms with Crippen LogP contribution >= 0.6 is 0 Å². The van der Waals surface area contributed by atoms with Gasteiger partial charge in [0, 0.05) is 6.54 Å². The molecule has 1 saturated carbocycles. The lowest BCUT2D eigenvalue weighted by Crippen LogP contribution is -2.38. The van der Waals surface area contributed by atoms with Crippen molar-refractivity contribution in [2.75, 3.05) is 13.1 Å². The Morgan fingerprint density at radius 2 is 2.33 bits per heavy atom. The highest BCUT2D eigenvalue weighted by atomic mass is 16.5. The first-order valence-electron chi connectivity index (χ1n) is 5.82. The van der Waals surface area contributed by atoms with Gasteiger partial charge in [-0.15, -0.1) is 0 Å². The van der Waals surface area contributed by atoms with Gasteiger partial charge in [0.05, 0.1) is 6.10 Å². The molecular weight excluding hydrogens is 192 g/mol. The van der Waals surface area contributed by atoms with Gasteiger partial charge in [0.2, 0.25) is 5.91 Å². The van der Waals surface area contributed by atoms with Crippen molar-refractivity contribution in [2.24, 2.45) is 11.7 Å². The highest BCUT2D eigenvalue weighted by molar-refractivity contribution is 5.80. The van der Waals surface area contributed by atoms with Crippen LogP contribution in [0.5, 0.6) is 0 Å². The number of hydrogen-bond donors (Lipinski definition) is 2. The molecule has 3 N–H and O–H groups in total. The van der Waals surface area contributed by atoms with Gasteiger partial charge < -0.3 is 15.8 Å². The Labute approximate surface area is 91.5 Å². The van der Waals surface area contributed by atoms with Gasteiger partial charge in [-0.25, -0.2) is 0 Å². The van der Waals surface area contributed by atoms with Gasteiger partial charge >= 0.3 is 0 Å². The molecule has 1 rings (SSSR count). The van der Waals surface area contributed by atoms with Crippen LogP contribution in [-0.4, -0.2) is 31.2 Å². The van der Waals surface area contributed by atoms with E-state index in [4.69, 9.17) is 10.5 Å². The lowest BCUT2D eigenvalue weighted by molar-refractivity contribution is -0.136. The summed E-state index contributed by atoms with van der Waals surface area (Å²) in [5.41, 5.74) is 5.65. The maximum atomic E-state index is 11.5. The SMILES string of the molecule is CCNC(=O)C(C)OC1CCCC1CN. The average molecular weight is 214 g/mol. The third-order valence-corrected chi connectivity index (χ3v) is 2.99. The Bertz CT molecular complexity index is 209. The van der Waals surface area contributed by atoms with Crippen molar-refractivity contribution >= 4 is 5.91 Å². The first kappa shape index (κ1) is 12.5. The minimum atomic E-state index is -0.359. The normalized spacial score (nSPS) is 27.7. The Kier molecular flexibility index (Phi) is 5.05. The summed E-state index contributed by atoms with van der Waals surface area (Å²) in [7, 11) is 0. The number of carbonyl (C=O) groups excluding carboxylic acids is 1. The summed E-state index contributed by atoms with van der Waals surface area (Å²) in [6, 6.07) is 0. The third kappa shape index (κ3) is 3.47. The van der Waals surface area contributed by atoms with E-state index in [0.717, 1.165) is 19.3 Å². The minimum Gasteiger partial charge on any atom is -0.365 e. The highest BCUT2D eigenvalue weighted by Crippen LogP contribution is 2.28. The first-order valence-corrected chi connectivity index (χ1v) is 5.82. The maximum absolute atomic E-state index is 11.5. The smallest absolute Gasteiger partial charge is 0.248 e. The highest BCUT2D eigenvalue weighted by Gasteiger charge is 2.29. The standard InChI is InChI=1S/C11H22N2O2/c1-3-13-11(14)8(2)15-10-6-4-5-9(10)7-12/h8-10H,3-7,12H2,1-2H3,(H,13,14). The Balaban J connectivity index is 2.36. The van der Waals surface area contributed by atoms with Crippen LogP contribution in [-0.2, 0) is 9.53 Å². The molecule has 3 unspecified atom stereocenters. The van der Waals surface area contributed by atoms with E-state index in [-0.39, 0.29) is 18.1 Å². The molecule has 0 aromatic heterocycles. The van der Waals surface area contributed by atoms with E-state index in [1.807, 2.05) is 6.92 Å². The van der Waals surface area contributed by atoms with Crippen LogP contribution in [0.1, 0.15) is 33.1 Å². The number of rotatable bonds is 5. The lowest BCUT2D eigenvalue weighted by Gasteiger charge is -2.22. The molecule has 0 heterocycles. The van der Waals surface area contributed by atoms with Crippen molar-refractivity contribution in [3.05, 3.63) is 0 Å². The van der Waals surface area contributed by atoms with Crippen molar-refractivity contribution in [3.8, 4) is 0 Å². The summed E-state index contributed by atoms with van der Waals surface area (Å²) in [6.07, 6.45) is 3.14. The lowest BCUT2D eigenvalue weighted by atomic mass is 10.1. The summed E-state index contributed by atoms with van der Waals surface area (Å²) in [4.78, 5) is 11.5. The summed E-state index contributed by atoms with van der Waals surface area (Å²) >= 11 is 0. The van der Waals surface area contributed by atoms with Crippen LogP contribution < -0.4 is 11.1 Å². The van der Waals surface area contributed by atoms with Crippen LogP contribution in [0, 0.1) is 5.92 Å². The van der Waals surface area contributed by atoms with E-state index in [0.29, 0.717) is 19.0 Å². The Hall–Kier alpha value is -0.610. The van der Waals surface area contributed by atoms with E-state index >= 15 is 0 Å². The molecule has 0 aromatic carbocycles. The monoisotopic (exact) mass is 214 g/mol. The summed E-state index contributed by atoms with van der Waals surface area (Å²) in [6.45, 7) is 5.02. The van der Waals surface area contributed by atoms with E-state index in [1.165, 1.54) is 0 Å². The maximum Gasteiger partial charge on any atom is 0.248 e. The molecule has 0 bridgehead atoms. The number of amides is 1. The number of nitrogens with two attached hydrogens (primary N) is 1. The molecule has 1 aliphatic carbocycles. The van der Waals surface area contributed by atoms with Gasteiger partial charge in [0.15, 0.2) is 0 Å². The van der Waals surface area contributed by atoms with Crippen molar-refractivity contribution in [1.82, 2.24) is 5.32 Å². The fourth-order valence-electron chi connectivity index (χ4n) is 2.09. The van der Waals surface area contributed by atoms with Gasteiger partial charge in [0.1, 0.15) is 6.10 Å². The largest absolute Gasteiger partial charge is 0.365 e. The molecular formula is C11H22N2O2. The van der Waals surface area contributed by atoms with Crippen LogP contribution in [0.15, 0.2) is 0 Å². The summed E-state index contributed by atoms with van der Waals surface area (Å²) < 4.78 is 5.74. The fraction of sp³-hybridized carbons (Fsp3) is 0.909. The first-order chi connectivity index (χ1) is 7.19. The molecule has 15 heavy (non-hydrogen) atoms. The number of ether oxygens (including phenoxy) is 1. The van der Waals surface area contributed by atoms with Gasteiger partial charge in [0.25, 0.3) is 0 Å². The van der Waals surface area contributed by atoms with Crippen molar-refractivity contribution in [2.45, 2.75) is 45.3 Å². The van der Waals surface area contributed by atoms with E-state index < -0.39 is 0 Å². The predicted molar refractivity (Wildman–Crippen MR) is 59.4 cm³/mol. The molecule has 3 atom stereocenters. The molecule has 1 aliphatic rings. The van der Waals surface area contributed by atoms with Crippen LogP contribution in [0.3, 0.4) is 0 Å². The number of carbonyl (C=O) groups is 1. The number of hydrogen-bond acceptors (Lipinski definition) is 3. The molecule has 0 spiro atoms. The van der Waals surface area contributed by atoms with E-state index in [2.05, 4.69) is 5.32 Å². The van der Waals surface area contributed by atoms with Crippen molar-refractivity contribution in [3.63, 3.8) is 0 Å². The van der Waals surface area contributed by atoms with Gasteiger partial charge in [-0.3, -0.25) is 4.79 Å². The van der Waals surface area contributed by atoms with E-state index in [1.54, 1.807) is 6.92 Å². The van der Waals surface area contributed by atoms with Crippen LogP contribution in [0.4, 0.5) is 0 Å². The molecule has 88 valence electrons. The van der Waals surface area contributed by atoms with Crippen LogP contribution in [0.25, 0.3) is 0 Å². The predicted octanol–water partition coefficient (Wildman–Crippen LogP) is 0.655. The molecule has 0 radical (unpaired) electrons. The third-order valence-electron chi connectivity index (χ3n) is 2.99. The Morgan fingerprint density at radius 1 is 1.60 bits per heavy atom. The fourth-order valence-corrected chi connectivity index (χ4v) is 2.09. The molecule has 0 aliphatic heterocycles. The zero-order chi connectivity index (χ0) is 11.3. The Morgan fingerprint density at radius 3 is 2.93 bits per heavy atom. The summed E-state index contributed by atoms with van der Waals surface area (Å²) in [5.74, 6) is 0.405. The van der Waals surface area contributed by atoms with E-state index in [9.17, 15) is 4.79 Å².